The molecule has 0 bridgehead atoms. The smallest absolute Gasteiger partial charge is 0.340 e. The molecule has 0 aromatic heterocycles. The van der Waals surface area contributed by atoms with Crippen LogP contribution in [0.3, 0.4) is 0 Å². The van der Waals surface area contributed by atoms with Crippen molar-refractivity contribution >= 4 is 33.9 Å². The number of hydrogen-bond acceptors (Lipinski definition) is 6. The molecule has 0 saturated heterocycles. The molecule has 90 valence electrons. The number of fused-ring (bicyclic) bond motifs is 1. The number of aliphatic hydroxyl groups excluding tert-OH is 1. The Hall–Kier alpha value is -1.47. The Morgan fingerprint density at radius 3 is 3.18 bits per heavy atom. The van der Waals surface area contributed by atoms with E-state index >= 15 is 0 Å². The van der Waals surface area contributed by atoms with Crippen LogP contribution in [0.1, 0.15) is 6.92 Å². The van der Waals surface area contributed by atoms with Crippen LogP contribution < -0.4 is 0 Å². The average Bonchev–Trinajstić information content (AvgIpc) is 2.30. The molecule has 0 aliphatic carbocycles. The predicted molar refractivity (Wildman–Crippen MR) is 65.5 cm³/mol. The summed E-state index contributed by atoms with van der Waals surface area (Å²) in [5.74, 6) is -0.108. The molecule has 0 spiro atoms. The molecule has 2 rings (SSSR count). The van der Waals surface area contributed by atoms with E-state index in [1.54, 1.807) is 13.1 Å². The van der Waals surface area contributed by atoms with Crippen molar-refractivity contribution in [3.8, 4) is 0 Å². The Morgan fingerprint density at radius 1 is 1.71 bits per heavy atom. The molecule has 2 heterocycles. The number of rotatable bonds is 2. The van der Waals surface area contributed by atoms with Crippen LogP contribution in [0.5, 0.6) is 0 Å². The van der Waals surface area contributed by atoms with E-state index in [9.17, 15) is 9.90 Å². The first-order valence-corrected chi connectivity index (χ1v) is 5.75. The van der Waals surface area contributed by atoms with Crippen LogP contribution in [0, 0.1) is 0 Å². The van der Waals surface area contributed by atoms with Crippen LogP contribution in [0.2, 0.25) is 0 Å². The Balaban J connectivity index is 2.28. The summed E-state index contributed by atoms with van der Waals surface area (Å²) in [6.07, 6.45) is 3.23. The van der Waals surface area contributed by atoms with Gasteiger partial charge in [-0.15, -0.1) is 0 Å². The lowest BCUT2D eigenvalue weighted by atomic mass is 10.2. The fourth-order valence-electron chi connectivity index (χ4n) is 1.42. The van der Waals surface area contributed by atoms with Crippen LogP contribution in [0.4, 0.5) is 0 Å². The highest BCUT2D eigenvalue weighted by molar-refractivity contribution is 9.11. The van der Waals surface area contributed by atoms with Crippen molar-refractivity contribution in [2.24, 2.45) is 9.98 Å². The third kappa shape index (κ3) is 2.29. The lowest BCUT2D eigenvalue weighted by molar-refractivity contribution is -0.140. The van der Waals surface area contributed by atoms with Crippen LogP contribution >= 0.6 is 15.9 Å². The highest BCUT2D eigenvalue weighted by atomic mass is 79.9. The van der Waals surface area contributed by atoms with E-state index in [0.717, 1.165) is 0 Å². The molecule has 0 fully saturated rings. The molecule has 0 amide bonds. The number of halogens is 1. The molecule has 1 atom stereocenters. The third-order valence-corrected chi connectivity index (χ3v) is 2.61. The fraction of sp³-hybridized carbons (Fsp3) is 0.300. The van der Waals surface area contributed by atoms with Gasteiger partial charge in [-0.3, -0.25) is 4.90 Å². The van der Waals surface area contributed by atoms with Crippen molar-refractivity contribution in [3.05, 3.63) is 22.6 Å². The zero-order valence-corrected chi connectivity index (χ0v) is 10.6. The van der Waals surface area contributed by atoms with E-state index in [2.05, 4.69) is 25.9 Å². The second-order valence-electron chi connectivity index (χ2n) is 3.28. The number of hydrogen-bond donors (Lipinski definition) is 1. The lowest BCUT2D eigenvalue weighted by Gasteiger charge is -2.30. The minimum Gasteiger partial charge on any atom is -0.462 e. The Kier molecular flexibility index (Phi) is 3.39. The number of aliphatic hydroxyl groups is 1. The maximum Gasteiger partial charge on any atom is 0.340 e. The molecule has 17 heavy (non-hydrogen) atoms. The molecule has 6 nitrogen and oxygen atoms in total. The number of nitrogens with zero attached hydrogens (tertiary/aromatic N) is 3. The first kappa shape index (κ1) is 12.0. The first-order chi connectivity index (χ1) is 8.13. The third-order valence-electron chi connectivity index (χ3n) is 2.20. The Morgan fingerprint density at radius 2 is 2.47 bits per heavy atom. The molecule has 0 unspecified atom stereocenters. The normalized spacial score (nSPS) is 22.4. The van der Waals surface area contributed by atoms with Gasteiger partial charge < -0.3 is 9.84 Å². The Bertz CT molecular complexity index is 467. The zero-order valence-electron chi connectivity index (χ0n) is 9.00. The van der Waals surface area contributed by atoms with Gasteiger partial charge in [0, 0.05) is 12.4 Å². The minimum atomic E-state index is -1.11. The maximum atomic E-state index is 11.6. The second-order valence-corrected chi connectivity index (χ2v) is 4.10. The van der Waals surface area contributed by atoms with Crippen LogP contribution in [-0.2, 0) is 9.53 Å². The molecule has 0 aromatic carbocycles. The van der Waals surface area contributed by atoms with E-state index in [1.807, 2.05) is 0 Å². The van der Waals surface area contributed by atoms with Crippen LogP contribution in [0.25, 0.3) is 0 Å². The molecule has 2 aliphatic rings. The van der Waals surface area contributed by atoms with Crippen molar-refractivity contribution < 1.29 is 14.6 Å². The van der Waals surface area contributed by atoms with Crippen molar-refractivity contribution in [1.82, 2.24) is 4.90 Å². The van der Waals surface area contributed by atoms with Gasteiger partial charge in [-0.05, 0) is 22.9 Å². The summed E-state index contributed by atoms with van der Waals surface area (Å²) in [6.45, 7) is 1.95. The summed E-state index contributed by atoms with van der Waals surface area (Å²) in [4.78, 5) is 21.0. The quantitative estimate of drug-likeness (QED) is 0.603. The van der Waals surface area contributed by atoms with E-state index in [1.165, 1.54) is 17.3 Å². The van der Waals surface area contributed by atoms with Crippen LogP contribution in [-0.4, -0.2) is 40.9 Å². The number of carbonyl (C=O) groups excluding carboxylic acids is 1. The van der Waals surface area contributed by atoms with E-state index in [-0.39, 0.29) is 12.2 Å². The number of aliphatic imine (C=N–C) groups is 2. The number of ether oxygens (including phenoxy) is 1. The number of esters is 1. The van der Waals surface area contributed by atoms with Gasteiger partial charge in [-0.1, -0.05) is 0 Å². The topological polar surface area (TPSA) is 74.5 Å². The minimum absolute atomic E-state index is 0.0995. The highest BCUT2D eigenvalue weighted by Gasteiger charge is 2.31. The van der Waals surface area contributed by atoms with Crippen LogP contribution in [0.15, 0.2) is 32.6 Å². The van der Waals surface area contributed by atoms with Gasteiger partial charge in [-0.2, -0.15) is 0 Å². The van der Waals surface area contributed by atoms with Crippen molar-refractivity contribution in [3.63, 3.8) is 0 Å². The first-order valence-electron chi connectivity index (χ1n) is 4.96. The largest absolute Gasteiger partial charge is 0.462 e. The molecule has 0 radical (unpaired) electrons. The summed E-state index contributed by atoms with van der Waals surface area (Å²) in [6, 6.07) is 0. The standard InChI is InChI=1S/C10H10BrN3O3/c1-2-17-10(16)6-3-13-8-4-12-7(11)5-14(8)9(6)15/h3-5,9,15H,2H2,1H3/t9-/m0/s1. The van der Waals surface area contributed by atoms with Crippen molar-refractivity contribution in [2.75, 3.05) is 6.61 Å². The molecule has 0 aromatic rings. The van der Waals surface area contributed by atoms with Crippen molar-refractivity contribution in [2.45, 2.75) is 13.2 Å². The molecule has 0 saturated carbocycles. The van der Waals surface area contributed by atoms with E-state index in [0.29, 0.717) is 10.4 Å². The number of amidine groups is 1. The maximum absolute atomic E-state index is 11.6. The summed E-state index contributed by atoms with van der Waals surface area (Å²) >= 11 is 3.19. The highest BCUT2D eigenvalue weighted by Crippen LogP contribution is 2.22. The van der Waals surface area contributed by atoms with Crippen molar-refractivity contribution in [1.29, 1.82) is 0 Å². The molecular formula is C10H10BrN3O3. The average molecular weight is 300 g/mol. The van der Waals surface area contributed by atoms with Gasteiger partial charge in [0.1, 0.15) is 10.2 Å². The van der Waals surface area contributed by atoms with Gasteiger partial charge in [0.05, 0.1) is 12.8 Å². The van der Waals surface area contributed by atoms with Gasteiger partial charge in [-0.25, -0.2) is 14.8 Å². The second kappa shape index (κ2) is 4.80. The monoisotopic (exact) mass is 299 g/mol. The number of carbonyl (C=O) groups is 1. The van der Waals surface area contributed by atoms with Gasteiger partial charge in [0.25, 0.3) is 0 Å². The van der Waals surface area contributed by atoms with E-state index < -0.39 is 12.2 Å². The molecule has 2 aliphatic heterocycles. The summed E-state index contributed by atoms with van der Waals surface area (Å²) in [5, 5.41) is 10.0. The molecule has 1 N–H and O–H groups in total. The fourth-order valence-corrected chi connectivity index (χ4v) is 1.74. The Labute approximate surface area is 106 Å². The summed E-state index contributed by atoms with van der Waals surface area (Å²) in [7, 11) is 0. The SMILES string of the molecule is CCOC(=O)C1=CN=C2C=NC(Br)=CN2[C@H]1O. The predicted octanol–water partition coefficient (Wildman–Crippen LogP) is 0.744. The van der Waals surface area contributed by atoms with Gasteiger partial charge in [0.2, 0.25) is 0 Å². The lowest BCUT2D eigenvalue weighted by Crippen LogP contribution is -2.43. The zero-order chi connectivity index (χ0) is 12.4. The van der Waals surface area contributed by atoms with Gasteiger partial charge in [0.15, 0.2) is 12.1 Å². The summed E-state index contributed by atoms with van der Waals surface area (Å²) < 4.78 is 5.37. The molecular weight excluding hydrogens is 290 g/mol. The van der Waals surface area contributed by atoms with E-state index in [4.69, 9.17) is 4.74 Å². The summed E-state index contributed by atoms with van der Waals surface area (Å²) in [5.41, 5.74) is 0.0995. The molecule has 7 heteroatoms. The van der Waals surface area contributed by atoms with Gasteiger partial charge >= 0.3 is 5.97 Å².